The molecule has 3 rings (SSSR count). The minimum atomic E-state index is -0.130. The maximum absolute atomic E-state index is 12.7. The standard InChI is InChI=1S/C23H32N4O/c1-18-7-5-6-8-20(18)17-26-13-15-27(16-14-26)19(2)23(28)24-21-9-11-22(12-10-21)25(3)4/h5-12,19H,13-17H2,1-4H3,(H,24,28)/t19-/m0/s1. The van der Waals surface area contributed by atoms with Crippen LogP contribution in [0.25, 0.3) is 0 Å². The summed E-state index contributed by atoms with van der Waals surface area (Å²) in [5.41, 5.74) is 4.71. The van der Waals surface area contributed by atoms with Gasteiger partial charge in [-0.3, -0.25) is 14.6 Å². The lowest BCUT2D eigenvalue weighted by Gasteiger charge is -2.37. The van der Waals surface area contributed by atoms with Crippen LogP contribution in [0.15, 0.2) is 48.5 Å². The van der Waals surface area contributed by atoms with E-state index in [9.17, 15) is 4.79 Å². The van der Waals surface area contributed by atoms with Crippen molar-refractivity contribution < 1.29 is 4.79 Å². The number of nitrogens with one attached hydrogen (secondary N) is 1. The Balaban J connectivity index is 1.49. The van der Waals surface area contributed by atoms with Gasteiger partial charge in [0.2, 0.25) is 5.91 Å². The molecule has 1 atom stereocenters. The number of carbonyl (C=O) groups is 1. The topological polar surface area (TPSA) is 38.8 Å². The maximum Gasteiger partial charge on any atom is 0.241 e. The van der Waals surface area contributed by atoms with Crippen LogP contribution in [0, 0.1) is 6.92 Å². The molecular weight excluding hydrogens is 348 g/mol. The van der Waals surface area contributed by atoms with Gasteiger partial charge in [-0.15, -0.1) is 0 Å². The first-order chi connectivity index (χ1) is 13.4. The summed E-state index contributed by atoms with van der Waals surface area (Å²) in [4.78, 5) is 19.5. The van der Waals surface area contributed by atoms with E-state index in [0.717, 1.165) is 44.1 Å². The number of hydrogen-bond donors (Lipinski definition) is 1. The molecule has 1 aliphatic heterocycles. The zero-order valence-electron chi connectivity index (χ0n) is 17.5. The Morgan fingerprint density at radius 2 is 1.68 bits per heavy atom. The molecule has 2 aromatic rings. The summed E-state index contributed by atoms with van der Waals surface area (Å²) in [6.45, 7) is 8.97. The maximum atomic E-state index is 12.7. The van der Waals surface area contributed by atoms with Crippen LogP contribution < -0.4 is 10.2 Å². The quantitative estimate of drug-likeness (QED) is 0.835. The van der Waals surface area contributed by atoms with Crippen molar-refractivity contribution in [2.75, 3.05) is 50.5 Å². The van der Waals surface area contributed by atoms with Crippen molar-refractivity contribution in [1.82, 2.24) is 9.80 Å². The molecule has 0 saturated carbocycles. The molecule has 1 fully saturated rings. The average Bonchev–Trinajstić information content (AvgIpc) is 2.70. The van der Waals surface area contributed by atoms with E-state index in [1.54, 1.807) is 0 Å². The Kier molecular flexibility index (Phi) is 6.70. The van der Waals surface area contributed by atoms with E-state index in [1.807, 2.05) is 50.2 Å². The monoisotopic (exact) mass is 380 g/mol. The summed E-state index contributed by atoms with van der Waals surface area (Å²) in [6.07, 6.45) is 0. The van der Waals surface area contributed by atoms with Gasteiger partial charge in [-0.25, -0.2) is 0 Å². The summed E-state index contributed by atoms with van der Waals surface area (Å²) >= 11 is 0. The van der Waals surface area contributed by atoms with Crippen molar-refractivity contribution in [2.24, 2.45) is 0 Å². The SMILES string of the molecule is Cc1ccccc1CN1CCN([C@@H](C)C(=O)Nc2ccc(N(C)C)cc2)CC1. The predicted molar refractivity (Wildman–Crippen MR) is 117 cm³/mol. The van der Waals surface area contributed by atoms with E-state index in [1.165, 1.54) is 11.1 Å². The van der Waals surface area contributed by atoms with Crippen LogP contribution in [0.1, 0.15) is 18.1 Å². The molecule has 28 heavy (non-hydrogen) atoms. The number of hydrogen-bond acceptors (Lipinski definition) is 4. The van der Waals surface area contributed by atoms with Gasteiger partial charge in [0.05, 0.1) is 6.04 Å². The molecule has 0 aromatic heterocycles. The van der Waals surface area contributed by atoms with E-state index in [0.29, 0.717) is 0 Å². The predicted octanol–water partition coefficient (Wildman–Crippen LogP) is 3.21. The summed E-state index contributed by atoms with van der Waals surface area (Å²) in [5.74, 6) is 0.0601. The first kappa shape index (κ1) is 20.4. The fourth-order valence-electron chi connectivity index (χ4n) is 3.59. The van der Waals surface area contributed by atoms with Gasteiger partial charge < -0.3 is 10.2 Å². The van der Waals surface area contributed by atoms with Crippen molar-refractivity contribution in [3.05, 3.63) is 59.7 Å². The van der Waals surface area contributed by atoms with E-state index in [2.05, 4.69) is 46.3 Å². The van der Waals surface area contributed by atoms with Crippen LogP contribution >= 0.6 is 0 Å². The van der Waals surface area contributed by atoms with Crippen LogP contribution in [0.2, 0.25) is 0 Å². The number of amides is 1. The van der Waals surface area contributed by atoms with Crippen molar-refractivity contribution >= 4 is 17.3 Å². The molecule has 0 radical (unpaired) electrons. The van der Waals surface area contributed by atoms with Gasteiger partial charge in [-0.2, -0.15) is 0 Å². The molecule has 1 amide bonds. The van der Waals surface area contributed by atoms with Crippen molar-refractivity contribution in [1.29, 1.82) is 0 Å². The highest BCUT2D eigenvalue weighted by Gasteiger charge is 2.25. The smallest absolute Gasteiger partial charge is 0.241 e. The fraction of sp³-hybridized carbons (Fsp3) is 0.435. The van der Waals surface area contributed by atoms with E-state index < -0.39 is 0 Å². The van der Waals surface area contributed by atoms with Gasteiger partial charge in [0.1, 0.15) is 0 Å². The second-order valence-corrected chi connectivity index (χ2v) is 7.85. The molecule has 1 heterocycles. The average molecular weight is 381 g/mol. The second kappa shape index (κ2) is 9.22. The molecule has 1 aliphatic rings. The highest BCUT2D eigenvalue weighted by molar-refractivity contribution is 5.94. The number of carbonyl (C=O) groups excluding carboxylic acids is 1. The number of rotatable bonds is 6. The summed E-state index contributed by atoms with van der Waals surface area (Å²) in [6, 6.07) is 16.4. The van der Waals surface area contributed by atoms with E-state index >= 15 is 0 Å². The number of benzene rings is 2. The number of anilines is 2. The third kappa shape index (κ3) is 5.12. The molecule has 0 unspecified atom stereocenters. The van der Waals surface area contributed by atoms with Gasteiger partial charge in [0, 0.05) is 58.2 Å². The van der Waals surface area contributed by atoms with Crippen LogP contribution in [-0.4, -0.2) is 62.0 Å². The summed E-state index contributed by atoms with van der Waals surface area (Å²) < 4.78 is 0. The first-order valence-electron chi connectivity index (χ1n) is 10.0. The third-order valence-electron chi connectivity index (χ3n) is 5.64. The van der Waals surface area contributed by atoms with E-state index in [-0.39, 0.29) is 11.9 Å². The van der Waals surface area contributed by atoms with Gasteiger partial charge >= 0.3 is 0 Å². The molecule has 0 spiro atoms. The minimum Gasteiger partial charge on any atom is -0.378 e. The zero-order chi connectivity index (χ0) is 20.1. The van der Waals surface area contributed by atoms with Gasteiger partial charge in [-0.05, 0) is 49.2 Å². The molecule has 1 N–H and O–H groups in total. The molecule has 5 heteroatoms. The fourth-order valence-corrected chi connectivity index (χ4v) is 3.59. The Labute approximate surface area is 168 Å². The number of piperazine rings is 1. The van der Waals surface area contributed by atoms with Crippen LogP contribution in [0.3, 0.4) is 0 Å². The second-order valence-electron chi connectivity index (χ2n) is 7.85. The molecule has 1 saturated heterocycles. The molecule has 2 aromatic carbocycles. The largest absolute Gasteiger partial charge is 0.378 e. The van der Waals surface area contributed by atoms with Crippen LogP contribution in [0.5, 0.6) is 0 Å². The lowest BCUT2D eigenvalue weighted by Crippen LogP contribution is -2.52. The Hall–Kier alpha value is -2.37. The third-order valence-corrected chi connectivity index (χ3v) is 5.64. The lowest BCUT2D eigenvalue weighted by atomic mass is 10.1. The van der Waals surface area contributed by atoms with Gasteiger partial charge in [0.25, 0.3) is 0 Å². The Morgan fingerprint density at radius 3 is 2.29 bits per heavy atom. The van der Waals surface area contributed by atoms with Crippen molar-refractivity contribution in [2.45, 2.75) is 26.4 Å². The molecule has 0 aliphatic carbocycles. The normalized spacial score (nSPS) is 16.6. The Bertz CT molecular complexity index is 779. The van der Waals surface area contributed by atoms with Gasteiger partial charge in [0.15, 0.2) is 0 Å². The molecule has 5 nitrogen and oxygen atoms in total. The molecule has 0 bridgehead atoms. The van der Waals surface area contributed by atoms with Crippen molar-refractivity contribution in [3.63, 3.8) is 0 Å². The lowest BCUT2D eigenvalue weighted by molar-refractivity contribution is -0.121. The highest BCUT2D eigenvalue weighted by Crippen LogP contribution is 2.17. The first-order valence-corrected chi connectivity index (χ1v) is 10.0. The van der Waals surface area contributed by atoms with Crippen LogP contribution in [-0.2, 0) is 11.3 Å². The molecular formula is C23H32N4O. The minimum absolute atomic E-state index is 0.0601. The highest BCUT2D eigenvalue weighted by atomic mass is 16.2. The van der Waals surface area contributed by atoms with Gasteiger partial charge in [-0.1, -0.05) is 24.3 Å². The summed E-state index contributed by atoms with van der Waals surface area (Å²) in [7, 11) is 4.02. The number of nitrogens with zero attached hydrogens (tertiary/aromatic N) is 3. The van der Waals surface area contributed by atoms with E-state index in [4.69, 9.17) is 0 Å². The van der Waals surface area contributed by atoms with Crippen molar-refractivity contribution in [3.8, 4) is 0 Å². The molecule has 150 valence electrons. The summed E-state index contributed by atoms with van der Waals surface area (Å²) in [5, 5.41) is 3.05. The number of aryl methyl sites for hydroxylation is 1. The zero-order valence-corrected chi connectivity index (χ0v) is 17.5. The Morgan fingerprint density at radius 1 is 1.04 bits per heavy atom. The van der Waals surface area contributed by atoms with Crippen LogP contribution in [0.4, 0.5) is 11.4 Å².